The van der Waals surface area contributed by atoms with Gasteiger partial charge in [0.15, 0.2) is 5.83 Å². The van der Waals surface area contributed by atoms with E-state index in [-0.39, 0.29) is 12.0 Å². The van der Waals surface area contributed by atoms with Crippen LogP contribution in [-0.2, 0) is 4.79 Å². The van der Waals surface area contributed by atoms with Crippen molar-refractivity contribution in [2.24, 2.45) is 5.10 Å². The monoisotopic (exact) mass is 311 g/mol. The topological polar surface area (TPSA) is 71.4 Å². The molecule has 0 bridgehead atoms. The second-order valence-electron chi connectivity index (χ2n) is 5.44. The van der Waals surface area contributed by atoms with Crippen LogP contribution < -0.4 is 5.43 Å². The predicted molar refractivity (Wildman–Crippen MR) is 81.6 cm³/mol. The summed E-state index contributed by atoms with van der Waals surface area (Å²) in [5.74, 6) is -0.448. The number of hydrazone groups is 1. The molecule has 0 saturated carbocycles. The predicted octanol–water partition coefficient (Wildman–Crippen LogP) is -0.663. The van der Waals surface area contributed by atoms with E-state index in [9.17, 15) is 14.3 Å². The number of nitrogens with one attached hydrogen (secondary N) is 1. The zero-order valence-electron chi connectivity index (χ0n) is 12.5. The maximum Gasteiger partial charge on any atom is 0.236 e. The summed E-state index contributed by atoms with van der Waals surface area (Å²) in [4.78, 5) is 17.4. The van der Waals surface area contributed by atoms with Crippen molar-refractivity contribution in [3.05, 3.63) is 24.3 Å². The maximum atomic E-state index is 13.7. The lowest BCUT2D eigenvalue weighted by atomic mass is 10.1. The summed E-state index contributed by atoms with van der Waals surface area (Å²) in [6, 6.07) is 0. The van der Waals surface area contributed by atoms with E-state index in [1.807, 2.05) is 9.80 Å². The Morgan fingerprint density at radius 2 is 1.95 bits per heavy atom. The molecule has 2 aliphatic rings. The Morgan fingerprint density at radius 3 is 2.50 bits per heavy atom. The van der Waals surface area contributed by atoms with Crippen LogP contribution in [0, 0.1) is 0 Å². The molecule has 2 rings (SSSR count). The maximum absolute atomic E-state index is 13.7. The highest BCUT2D eigenvalue weighted by atomic mass is 19.1. The number of piperazine rings is 1. The molecular formula is C14H22FN5O2. The van der Waals surface area contributed by atoms with Gasteiger partial charge in [0.05, 0.1) is 24.5 Å². The number of nitrogens with zero attached hydrogens (tertiary/aromatic N) is 4. The standard InChI is InChI=1S/C14H22FN5O2/c1-11(13(15)7-17-16-2)19-5-3-18(4-6-19)10-14(22)20-8-12(21)9-20/h7,12,17,21H,1-6,8-10H2/b13-7+. The lowest BCUT2D eigenvalue weighted by Gasteiger charge is -2.40. The van der Waals surface area contributed by atoms with Crippen molar-refractivity contribution in [2.45, 2.75) is 6.10 Å². The summed E-state index contributed by atoms with van der Waals surface area (Å²) in [5.41, 5.74) is 2.64. The fourth-order valence-corrected chi connectivity index (χ4v) is 2.46. The van der Waals surface area contributed by atoms with Gasteiger partial charge in [0, 0.05) is 46.0 Å². The molecule has 2 heterocycles. The number of amides is 1. The van der Waals surface area contributed by atoms with Crippen LogP contribution >= 0.6 is 0 Å². The van der Waals surface area contributed by atoms with Gasteiger partial charge < -0.3 is 14.9 Å². The van der Waals surface area contributed by atoms with E-state index in [2.05, 4.69) is 23.8 Å². The molecule has 0 aromatic heterocycles. The Hall–Kier alpha value is -1.93. The van der Waals surface area contributed by atoms with Gasteiger partial charge >= 0.3 is 0 Å². The summed E-state index contributed by atoms with van der Waals surface area (Å²) in [7, 11) is 0. The molecule has 122 valence electrons. The van der Waals surface area contributed by atoms with Gasteiger partial charge in [-0.05, 0) is 0 Å². The summed E-state index contributed by atoms with van der Waals surface area (Å²) in [6.07, 6.45) is 0.734. The minimum absolute atomic E-state index is 0.0323. The van der Waals surface area contributed by atoms with Crippen LogP contribution in [-0.4, -0.2) is 84.3 Å². The Balaban J connectivity index is 1.74. The molecule has 0 spiro atoms. The van der Waals surface area contributed by atoms with Gasteiger partial charge in [0.25, 0.3) is 0 Å². The highest BCUT2D eigenvalue weighted by Crippen LogP contribution is 2.17. The van der Waals surface area contributed by atoms with Gasteiger partial charge in [0.1, 0.15) is 0 Å². The molecule has 0 aromatic carbocycles. The lowest BCUT2D eigenvalue weighted by Crippen LogP contribution is -2.57. The Morgan fingerprint density at radius 1 is 1.32 bits per heavy atom. The number of aliphatic hydroxyl groups is 1. The minimum atomic E-state index is -0.480. The second-order valence-corrected chi connectivity index (χ2v) is 5.44. The van der Waals surface area contributed by atoms with Gasteiger partial charge in [-0.25, -0.2) is 4.39 Å². The summed E-state index contributed by atoms with van der Waals surface area (Å²) in [6.45, 7) is 10.7. The third-order valence-electron chi connectivity index (χ3n) is 3.89. The summed E-state index contributed by atoms with van der Waals surface area (Å²) >= 11 is 0. The summed E-state index contributed by atoms with van der Waals surface area (Å²) in [5, 5.41) is 12.5. The van der Waals surface area contributed by atoms with Gasteiger partial charge in [-0.3, -0.25) is 15.1 Å². The fourth-order valence-electron chi connectivity index (χ4n) is 2.46. The lowest BCUT2D eigenvalue weighted by molar-refractivity contribution is -0.142. The number of halogens is 1. The average molecular weight is 311 g/mol. The zero-order chi connectivity index (χ0) is 16.1. The van der Waals surface area contributed by atoms with Crippen LogP contribution in [0.3, 0.4) is 0 Å². The molecule has 2 aliphatic heterocycles. The second kappa shape index (κ2) is 7.37. The van der Waals surface area contributed by atoms with Gasteiger partial charge in [-0.1, -0.05) is 6.58 Å². The van der Waals surface area contributed by atoms with E-state index in [4.69, 9.17) is 0 Å². The molecular weight excluding hydrogens is 289 g/mol. The van der Waals surface area contributed by atoms with E-state index in [1.165, 1.54) is 0 Å². The Bertz CT molecular complexity index is 468. The Kier molecular flexibility index (Phi) is 5.51. The molecule has 2 saturated heterocycles. The quantitative estimate of drug-likeness (QED) is 0.387. The van der Waals surface area contributed by atoms with Crippen molar-refractivity contribution in [1.29, 1.82) is 0 Å². The van der Waals surface area contributed by atoms with Crippen LogP contribution in [0.2, 0.25) is 0 Å². The Labute approximate surface area is 129 Å². The van der Waals surface area contributed by atoms with E-state index >= 15 is 0 Å². The molecule has 7 nitrogen and oxygen atoms in total. The largest absolute Gasteiger partial charge is 0.389 e. The first-order valence-corrected chi connectivity index (χ1v) is 7.20. The molecule has 0 aliphatic carbocycles. The molecule has 0 aromatic rings. The molecule has 22 heavy (non-hydrogen) atoms. The number of hydrogen-bond donors (Lipinski definition) is 2. The number of carbonyl (C=O) groups excluding carboxylic acids is 1. The molecule has 1 amide bonds. The van der Waals surface area contributed by atoms with E-state index < -0.39 is 5.83 Å². The van der Waals surface area contributed by atoms with Gasteiger partial charge in [-0.15, -0.1) is 0 Å². The van der Waals surface area contributed by atoms with E-state index in [1.54, 1.807) is 4.90 Å². The number of aliphatic hydroxyl groups excluding tert-OH is 1. The number of allylic oxidation sites excluding steroid dienone is 1. The number of rotatable bonds is 6. The normalized spacial score (nSPS) is 20.5. The minimum Gasteiger partial charge on any atom is -0.389 e. The van der Waals surface area contributed by atoms with Crippen molar-refractivity contribution in [3.8, 4) is 0 Å². The van der Waals surface area contributed by atoms with E-state index in [0.29, 0.717) is 51.5 Å². The first kappa shape index (κ1) is 16.4. The average Bonchev–Trinajstić information content (AvgIpc) is 2.49. The van der Waals surface area contributed by atoms with Crippen LogP contribution in [0.1, 0.15) is 0 Å². The third kappa shape index (κ3) is 4.05. The van der Waals surface area contributed by atoms with Gasteiger partial charge in [-0.2, -0.15) is 5.10 Å². The van der Waals surface area contributed by atoms with Crippen LogP contribution in [0.5, 0.6) is 0 Å². The van der Waals surface area contributed by atoms with Crippen LogP contribution in [0.15, 0.2) is 29.4 Å². The molecule has 2 fully saturated rings. The highest BCUT2D eigenvalue weighted by molar-refractivity contribution is 5.79. The van der Waals surface area contributed by atoms with Crippen molar-refractivity contribution in [3.63, 3.8) is 0 Å². The zero-order valence-corrected chi connectivity index (χ0v) is 12.5. The number of carbonyl (C=O) groups is 1. The van der Waals surface area contributed by atoms with Crippen LogP contribution in [0.25, 0.3) is 0 Å². The smallest absolute Gasteiger partial charge is 0.236 e. The first-order valence-electron chi connectivity index (χ1n) is 7.20. The van der Waals surface area contributed by atoms with E-state index in [0.717, 1.165) is 6.20 Å². The van der Waals surface area contributed by atoms with Crippen molar-refractivity contribution in [2.75, 3.05) is 45.8 Å². The molecule has 8 heteroatoms. The van der Waals surface area contributed by atoms with Gasteiger partial charge in [0.2, 0.25) is 5.91 Å². The van der Waals surface area contributed by atoms with Crippen LogP contribution in [0.4, 0.5) is 4.39 Å². The number of hydrogen-bond acceptors (Lipinski definition) is 6. The first-order chi connectivity index (χ1) is 10.5. The van der Waals surface area contributed by atoms with Crippen molar-refractivity contribution < 1.29 is 14.3 Å². The number of β-amino-alcohol motifs (C(OH)–C–C–N with tert-alkyl or cyclic N) is 1. The molecule has 0 atom stereocenters. The molecule has 2 N–H and O–H groups in total. The highest BCUT2D eigenvalue weighted by Gasteiger charge is 2.30. The number of likely N-dealkylation sites (tertiary alicyclic amines) is 1. The molecule has 0 unspecified atom stereocenters. The third-order valence-corrected chi connectivity index (χ3v) is 3.89. The van der Waals surface area contributed by atoms with Crippen molar-refractivity contribution >= 4 is 12.6 Å². The SMILES string of the molecule is C=NN/C=C(/F)C(=C)N1CCN(CC(=O)N2CC(O)C2)CC1. The van der Waals surface area contributed by atoms with Crippen molar-refractivity contribution in [1.82, 2.24) is 20.1 Å². The molecule has 0 radical (unpaired) electrons. The summed E-state index contributed by atoms with van der Waals surface area (Å²) < 4.78 is 13.7. The fraction of sp³-hybridized carbons (Fsp3) is 0.571.